The van der Waals surface area contributed by atoms with Crippen LogP contribution in [0.25, 0.3) is 0 Å². The molecule has 0 atom stereocenters. The molecule has 2 rings (SSSR count). The second-order valence-electron chi connectivity index (χ2n) is 3.87. The van der Waals surface area contributed by atoms with E-state index >= 15 is 0 Å². The lowest BCUT2D eigenvalue weighted by atomic mass is 9.98. The van der Waals surface area contributed by atoms with Crippen LogP contribution in [0, 0.1) is 0 Å². The molecule has 1 saturated carbocycles. The Morgan fingerprint density at radius 1 is 1.43 bits per heavy atom. The van der Waals surface area contributed by atoms with Gasteiger partial charge in [0.2, 0.25) is 5.88 Å². The van der Waals surface area contributed by atoms with Crippen molar-refractivity contribution < 1.29 is 9.53 Å². The second kappa shape index (κ2) is 3.89. The molecule has 0 aromatic carbocycles. The smallest absolute Gasteiger partial charge is 0.261 e. The fourth-order valence-corrected chi connectivity index (χ4v) is 1.87. The quantitative estimate of drug-likeness (QED) is 0.626. The highest BCUT2D eigenvalue weighted by atomic mass is 16.5. The van der Waals surface area contributed by atoms with Crippen LogP contribution in [0.3, 0.4) is 0 Å². The van der Waals surface area contributed by atoms with E-state index in [-0.39, 0.29) is 12.0 Å². The van der Waals surface area contributed by atoms with Crippen molar-refractivity contribution in [1.82, 2.24) is 4.90 Å². The molecule has 1 aliphatic carbocycles. The minimum atomic E-state index is -0.0455. The van der Waals surface area contributed by atoms with E-state index in [1.165, 1.54) is 30.2 Å². The summed E-state index contributed by atoms with van der Waals surface area (Å²) in [6.07, 6.45) is 7.70. The fourth-order valence-electron chi connectivity index (χ4n) is 1.87. The van der Waals surface area contributed by atoms with Gasteiger partial charge >= 0.3 is 0 Å². The van der Waals surface area contributed by atoms with Gasteiger partial charge in [0.05, 0.1) is 6.08 Å². The molecular formula is C11H15NO2. The van der Waals surface area contributed by atoms with Gasteiger partial charge in [-0.3, -0.25) is 9.69 Å². The summed E-state index contributed by atoms with van der Waals surface area (Å²) in [5, 5.41) is 0. The van der Waals surface area contributed by atoms with Gasteiger partial charge in [0, 0.05) is 7.05 Å². The SMILES string of the molecule is CN1C(=O)C=C=C1OC1CCCCC1. The zero-order valence-electron chi connectivity index (χ0n) is 8.45. The highest BCUT2D eigenvalue weighted by Crippen LogP contribution is 2.23. The van der Waals surface area contributed by atoms with Crippen molar-refractivity contribution in [2.24, 2.45) is 0 Å². The molecule has 0 radical (unpaired) electrons. The lowest BCUT2D eigenvalue weighted by molar-refractivity contribution is -0.125. The average molecular weight is 193 g/mol. The number of rotatable bonds is 2. The molecule has 0 bridgehead atoms. The minimum Gasteiger partial charge on any atom is -0.470 e. The number of ether oxygens (including phenoxy) is 1. The van der Waals surface area contributed by atoms with Crippen LogP contribution in [0.15, 0.2) is 17.7 Å². The molecule has 2 aliphatic rings. The molecule has 0 saturated heterocycles. The fraction of sp³-hybridized carbons (Fsp3) is 0.636. The van der Waals surface area contributed by atoms with E-state index in [0.29, 0.717) is 5.88 Å². The van der Waals surface area contributed by atoms with Crippen LogP contribution in [0.5, 0.6) is 0 Å². The summed E-state index contributed by atoms with van der Waals surface area (Å²) in [6.45, 7) is 0. The van der Waals surface area contributed by atoms with Gasteiger partial charge in [-0.2, -0.15) is 0 Å². The number of hydrogen-bond acceptors (Lipinski definition) is 2. The summed E-state index contributed by atoms with van der Waals surface area (Å²) in [6, 6.07) is 0. The third-order valence-electron chi connectivity index (χ3n) is 2.78. The predicted octanol–water partition coefficient (Wildman–Crippen LogP) is 1.80. The molecule has 76 valence electrons. The summed E-state index contributed by atoms with van der Waals surface area (Å²) < 4.78 is 5.71. The Morgan fingerprint density at radius 3 is 2.71 bits per heavy atom. The maximum absolute atomic E-state index is 11.1. The maximum atomic E-state index is 11.1. The number of hydrogen-bond donors (Lipinski definition) is 0. The van der Waals surface area contributed by atoms with Crippen molar-refractivity contribution in [3.8, 4) is 0 Å². The highest BCUT2D eigenvalue weighted by molar-refractivity contribution is 5.90. The summed E-state index contributed by atoms with van der Waals surface area (Å²) in [5.74, 6) is 0.540. The van der Waals surface area contributed by atoms with Gasteiger partial charge in [-0.15, -0.1) is 0 Å². The standard InChI is InChI=1S/C11H15NO2/c1-12-10(13)7-8-11(12)14-9-5-3-2-4-6-9/h7,9H,2-6H2,1H3. The number of carbonyl (C=O) groups is 1. The molecule has 1 aliphatic heterocycles. The van der Waals surface area contributed by atoms with E-state index in [2.05, 4.69) is 5.73 Å². The van der Waals surface area contributed by atoms with E-state index in [1.54, 1.807) is 7.05 Å². The summed E-state index contributed by atoms with van der Waals surface area (Å²) in [4.78, 5) is 12.6. The largest absolute Gasteiger partial charge is 0.470 e. The molecule has 0 unspecified atom stereocenters. The number of amides is 1. The van der Waals surface area contributed by atoms with Gasteiger partial charge in [-0.1, -0.05) is 6.42 Å². The molecule has 0 aromatic heterocycles. The topological polar surface area (TPSA) is 29.5 Å². The van der Waals surface area contributed by atoms with Gasteiger partial charge in [-0.05, 0) is 31.4 Å². The Kier molecular flexibility index (Phi) is 2.60. The zero-order chi connectivity index (χ0) is 9.97. The molecule has 14 heavy (non-hydrogen) atoms. The van der Waals surface area contributed by atoms with E-state index < -0.39 is 0 Å². The third kappa shape index (κ3) is 1.83. The van der Waals surface area contributed by atoms with Crippen molar-refractivity contribution in [3.05, 3.63) is 17.7 Å². The minimum absolute atomic E-state index is 0.0455. The number of likely N-dealkylation sites (N-methyl/N-ethyl adjacent to an activating group) is 1. The van der Waals surface area contributed by atoms with Gasteiger partial charge in [-0.25, -0.2) is 0 Å². The lowest BCUT2D eigenvalue weighted by Gasteiger charge is -2.25. The molecule has 1 heterocycles. The first kappa shape index (κ1) is 9.35. The van der Waals surface area contributed by atoms with Gasteiger partial charge in [0.25, 0.3) is 5.91 Å². The first-order valence-corrected chi connectivity index (χ1v) is 5.18. The van der Waals surface area contributed by atoms with Crippen molar-refractivity contribution in [2.75, 3.05) is 7.05 Å². The molecule has 3 heteroatoms. The molecule has 1 fully saturated rings. The molecule has 1 amide bonds. The second-order valence-corrected chi connectivity index (χ2v) is 3.87. The lowest BCUT2D eigenvalue weighted by Crippen LogP contribution is -2.26. The number of carbonyl (C=O) groups excluding carboxylic acids is 1. The van der Waals surface area contributed by atoms with E-state index in [4.69, 9.17) is 4.74 Å². The van der Waals surface area contributed by atoms with Crippen LogP contribution in [-0.4, -0.2) is 24.0 Å². The van der Waals surface area contributed by atoms with Gasteiger partial charge in [0.1, 0.15) is 6.10 Å². The average Bonchev–Trinajstić information content (AvgIpc) is 2.52. The monoisotopic (exact) mass is 193 g/mol. The van der Waals surface area contributed by atoms with Crippen molar-refractivity contribution in [1.29, 1.82) is 0 Å². The van der Waals surface area contributed by atoms with E-state index in [9.17, 15) is 4.79 Å². The molecule has 0 spiro atoms. The maximum Gasteiger partial charge on any atom is 0.261 e. The van der Waals surface area contributed by atoms with Gasteiger partial charge in [0.15, 0.2) is 0 Å². The van der Waals surface area contributed by atoms with Crippen molar-refractivity contribution in [2.45, 2.75) is 38.2 Å². The van der Waals surface area contributed by atoms with Crippen molar-refractivity contribution in [3.63, 3.8) is 0 Å². The predicted molar refractivity (Wildman–Crippen MR) is 52.3 cm³/mol. The van der Waals surface area contributed by atoms with Crippen LogP contribution in [0.1, 0.15) is 32.1 Å². The molecular weight excluding hydrogens is 178 g/mol. The first-order valence-electron chi connectivity index (χ1n) is 5.18. The Hall–Kier alpha value is -1.21. The zero-order valence-corrected chi connectivity index (χ0v) is 8.45. The van der Waals surface area contributed by atoms with Crippen molar-refractivity contribution >= 4 is 5.91 Å². The Labute approximate surface area is 84.0 Å². The van der Waals surface area contributed by atoms with Crippen LogP contribution in [0.2, 0.25) is 0 Å². The Morgan fingerprint density at radius 2 is 2.14 bits per heavy atom. The van der Waals surface area contributed by atoms with Crippen LogP contribution >= 0.6 is 0 Å². The van der Waals surface area contributed by atoms with E-state index in [0.717, 1.165) is 12.8 Å². The summed E-state index contributed by atoms with van der Waals surface area (Å²) >= 11 is 0. The van der Waals surface area contributed by atoms with Crippen LogP contribution < -0.4 is 0 Å². The Bertz CT molecular complexity index is 296. The molecule has 3 nitrogen and oxygen atoms in total. The van der Waals surface area contributed by atoms with Crippen LogP contribution in [-0.2, 0) is 9.53 Å². The first-order chi connectivity index (χ1) is 6.77. The Balaban J connectivity index is 1.91. The third-order valence-corrected chi connectivity index (χ3v) is 2.78. The summed E-state index contributed by atoms with van der Waals surface area (Å²) in [5.41, 5.74) is 2.85. The highest BCUT2D eigenvalue weighted by Gasteiger charge is 2.22. The molecule has 0 aromatic rings. The molecule has 0 N–H and O–H groups in total. The van der Waals surface area contributed by atoms with Crippen LogP contribution in [0.4, 0.5) is 0 Å². The summed E-state index contributed by atoms with van der Waals surface area (Å²) in [7, 11) is 1.72. The normalized spacial score (nSPS) is 22.8. The van der Waals surface area contributed by atoms with Gasteiger partial charge < -0.3 is 4.74 Å². The number of nitrogens with zero attached hydrogens (tertiary/aromatic N) is 1. The van der Waals surface area contributed by atoms with E-state index in [1.807, 2.05) is 0 Å².